The van der Waals surface area contributed by atoms with E-state index in [4.69, 9.17) is 10.5 Å². The molecule has 0 radical (unpaired) electrons. The van der Waals surface area contributed by atoms with Gasteiger partial charge in [-0.3, -0.25) is 4.79 Å². The van der Waals surface area contributed by atoms with E-state index in [0.717, 1.165) is 19.4 Å². The molecular weight excluding hydrogens is 276 g/mol. The van der Waals surface area contributed by atoms with Gasteiger partial charge in [0.2, 0.25) is 0 Å². The van der Waals surface area contributed by atoms with Crippen LogP contribution in [-0.4, -0.2) is 36.1 Å². The third-order valence-corrected chi connectivity index (χ3v) is 4.88. The fourth-order valence-electron chi connectivity index (χ4n) is 3.29. The molecule has 120 valence electrons. The molecule has 1 aliphatic heterocycles. The van der Waals surface area contributed by atoms with Crippen molar-refractivity contribution < 1.29 is 9.53 Å². The standard InChI is InChI=1S/C18H26N2O2/c19-11-16-9-10-17(22-16)18(21)20(13-15-7-4-8-15)12-14-5-2-1-3-6-14/h1-3,5-6,15-17H,4,7-13,19H2/t16-,17+/m1/s1. The van der Waals surface area contributed by atoms with Crippen LogP contribution in [0.25, 0.3) is 0 Å². The molecule has 4 heteroatoms. The molecule has 22 heavy (non-hydrogen) atoms. The number of benzene rings is 1. The summed E-state index contributed by atoms with van der Waals surface area (Å²) in [5.74, 6) is 0.811. The van der Waals surface area contributed by atoms with Crippen LogP contribution in [0.5, 0.6) is 0 Å². The Bertz CT molecular complexity index is 487. The molecule has 1 saturated heterocycles. The van der Waals surface area contributed by atoms with Crippen LogP contribution >= 0.6 is 0 Å². The maximum absolute atomic E-state index is 12.8. The maximum Gasteiger partial charge on any atom is 0.252 e. The first-order chi connectivity index (χ1) is 10.8. The highest BCUT2D eigenvalue weighted by Crippen LogP contribution is 2.29. The van der Waals surface area contributed by atoms with Crippen LogP contribution in [0, 0.1) is 5.92 Å². The molecule has 1 saturated carbocycles. The van der Waals surface area contributed by atoms with E-state index >= 15 is 0 Å². The molecule has 4 nitrogen and oxygen atoms in total. The topological polar surface area (TPSA) is 55.6 Å². The molecule has 1 amide bonds. The van der Waals surface area contributed by atoms with Crippen molar-refractivity contribution in [3.63, 3.8) is 0 Å². The van der Waals surface area contributed by atoms with Gasteiger partial charge in [0.15, 0.2) is 0 Å². The van der Waals surface area contributed by atoms with Crippen LogP contribution in [0.2, 0.25) is 0 Å². The Morgan fingerprint density at radius 2 is 1.95 bits per heavy atom. The number of carbonyl (C=O) groups excluding carboxylic acids is 1. The highest BCUT2D eigenvalue weighted by molar-refractivity contribution is 5.81. The molecule has 0 spiro atoms. The molecule has 1 aromatic rings. The Morgan fingerprint density at radius 1 is 1.18 bits per heavy atom. The molecule has 2 fully saturated rings. The van der Waals surface area contributed by atoms with Crippen molar-refractivity contribution >= 4 is 5.91 Å². The van der Waals surface area contributed by atoms with E-state index in [1.165, 1.54) is 24.8 Å². The van der Waals surface area contributed by atoms with Crippen LogP contribution < -0.4 is 5.73 Å². The maximum atomic E-state index is 12.8. The van der Waals surface area contributed by atoms with Crippen molar-refractivity contribution in [2.24, 2.45) is 11.7 Å². The van der Waals surface area contributed by atoms with Crippen molar-refractivity contribution in [3.05, 3.63) is 35.9 Å². The molecule has 1 heterocycles. The molecule has 0 aromatic heterocycles. The van der Waals surface area contributed by atoms with E-state index in [2.05, 4.69) is 12.1 Å². The zero-order valence-corrected chi connectivity index (χ0v) is 13.1. The monoisotopic (exact) mass is 302 g/mol. The Kier molecular flexibility index (Phi) is 5.11. The smallest absolute Gasteiger partial charge is 0.252 e. The minimum atomic E-state index is -0.294. The Morgan fingerprint density at radius 3 is 2.55 bits per heavy atom. The lowest BCUT2D eigenvalue weighted by Crippen LogP contribution is -2.42. The summed E-state index contributed by atoms with van der Waals surface area (Å²) in [6, 6.07) is 10.2. The highest BCUT2D eigenvalue weighted by Gasteiger charge is 2.34. The molecule has 0 bridgehead atoms. The SMILES string of the molecule is NC[C@H]1CC[C@@H](C(=O)N(Cc2ccccc2)CC2CCC2)O1. The van der Waals surface area contributed by atoms with Gasteiger partial charge in [-0.25, -0.2) is 0 Å². The number of hydrogen-bond acceptors (Lipinski definition) is 3. The molecule has 2 aliphatic rings. The summed E-state index contributed by atoms with van der Waals surface area (Å²) in [6.45, 7) is 2.05. The largest absolute Gasteiger partial charge is 0.364 e. The summed E-state index contributed by atoms with van der Waals surface area (Å²) in [7, 11) is 0. The average Bonchev–Trinajstić information content (AvgIpc) is 2.99. The van der Waals surface area contributed by atoms with Crippen molar-refractivity contribution in [2.75, 3.05) is 13.1 Å². The van der Waals surface area contributed by atoms with Gasteiger partial charge in [-0.2, -0.15) is 0 Å². The number of ether oxygens (including phenoxy) is 1. The third-order valence-electron chi connectivity index (χ3n) is 4.88. The normalized spacial score (nSPS) is 25.0. The summed E-state index contributed by atoms with van der Waals surface area (Å²) in [5.41, 5.74) is 6.84. The summed E-state index contributed by atoms with van der Waals surface area (Å²) >= 11 is 0. The number of amides is 1. The third kappa shape index (κ3) is 3.68. The highest BCUT2D eigenvalue weighted by atomic mass is 16.5. The van der Waals surface area contributed by atoms with E-state index in [1.54, 1.807) is 0 Å². The van der Waals surface area contributed by atoms with Crippen LogP contribution in [-0.2, 0) is 16.1 Å². The van der Waals surface area contributed by atoms with E-state index in [1.807, 2.05) is 23.1 Å². The summed E-state index contributed by atoms with van der Waals surface area (Å²) < 4.78 is 5.81. The van der Waals surface area contributed by atoms with E-state index in [-0.39, 0.29) is 18.1 Å². The number of carbonyl (C=O) groups is 1. The second kappa shape index (κ2) is 7.25. The molecule has 2 N–H and O–H groups in total. The minimum absolute atomic E-state index is 0.0521. The van der Waals surface area contributed by atoms with Gasteiger partial charge in [0.25, 0.3) is 5.91 Å². The summed E-state index contributed by atoms with van der Waals surface area (Å²) in [4.78, 5) is 14.8. The average molecular weight is 302 g/mol. The number of nitrogens with zero attached hydrogens (tertiary/aromatic N) is 1. The Hall–Kier alpha value is -1.39. The van der Waals surface area contributed by atoms with Gasteiger partial charge in [0, 0.05) is 19.6 Å². The van der Waals surface area contributed by atoms with E-state index in [0.29, 0.717) is 19.0 Å². The van der Waals surface area contributed by atoms with Crippen LogP contribution in [0.1, 0.15) is 37.7 Å². The van der Waals surface area contributed by atoms with Crippen LogP contribution in [0.4, 0.5) is 0 Å². The van der Waals surface area contributed by atoms with Crippen molar-refractivity contribution in [3.8, 4) is 0 Å². The van der Waals surface area contributed by atoms with Gasteiger partial charge < -0.3 is 15.4 Å². The fourth-order valence-corrected chi connectivity index (χ4v) is 3.29. The predicted octanol–water partition coefficient (Wildman–Crippen LogP) is 2.32. The second-order valence-corrected chi connectivity index (χ2v) is 6.56. The first-order valence-electron chi connectivity index (χ1n) is 8.44. The number of nitrogens with two attached hydrogens (primary N) is 1. The number of rotatable bonds is 6. The van der Waals surface area contributed by atoms with Crippen LogP contribution in [0.15, 0.2) is 30.3 Å². The lowest BCUT2D eigenvalue weighted by atomic mass is 9.85. The predicted molar refractivity (Wildman–Crippen MR) is 86.1 cm³/mol. The van der Waals surface area contributed by atoms with E-state index < -0.39 is 0 Å². The molecular formula is C18H26N2O2. The zero-order valence-electron chi connectivity index (χ0n) is 13.1. The summed E-state index contributed by atoms with van der Waals surface area (Å²) in [6.07, 6.45) is 5.25. The number of hydrogen-bond donors (Lipinski definition) is 1. The quantitative estimate of drug-likeness (QED) is 0.877. The first kappa shape index (κ1) is 15.5. The Labute approximate surface area is 132 Å². The van der Waals surface area contributed by atoms with Gasteiger partial charge >= 0.3 is 0 Å². The Balaban J connectivity index is 1.65. The zero-order chi connectivity index (χ0) is 15.4. The lowest BCUT2D eigenvalue weighted by Gasteiger charge is -2.33. The van der Waals surface area contributed by atoms with E-state index in [9.17, 15) is 4.79 Å². The molecule has 3 rings (SSSR count). The summed E-state index contributed by atoms with van der Waals surface area (Å²) in [5, 5.41) is 0. The lowest BCUT2D eigenvalue weighted by molar-refractivity contribution is -0.144. The van der Waals surface area contributed by atoms with Gasteiger partial charge in [0.1, 0.15) is 6.10 Å². The molecule has 1 aliphatic carbocycles. The van der Waals surface area contributed by atoms with Gasteiger partial charge in [0.05, 0.1) is 6.10 Å². The first-order valence-corrected chi connectivity index (χ1v) is 8.44. The van der Waals surface area contributed by atoms with Gasteiger partial charge in [-0.15, -0.1) is 0 Å². The molecule has 2 atom stereocenters. The van der Waals surface area contributed by atoms with Crippen molar-refractivity contribution in [1.29, 1.82) is 0 Å². The fraction of sp³-hybridized carbons (Fsp3) is 0.611. The van der Waals surface area contributed by atoms with Gasteiger partial charge in [-0.05, 0) is 37.2 Å². The molecule has 0 unspecified atom stereocenters. The van der Waals surface area contributed by atoms with Crippen LogP contribution in [0.3, 0.4) is 0 Å². The van der Waals surface area contributed by atoms with Crippen molar-refractivity contribution in [1.82, 2.24) is 4.90 Å². The van der Waals surface area contributed by atoms with Crippen molar-refractivity contribution in [2.45, 2.75) is 50.9 Å². The molecule has 1 aromatic carbocycles. The second-order valence-electron chi connectivity index (χ2n) is 6.56. The van der Waals surface area contributed by atoms with Gasteiger partial charge in [-0.1, -0.05) is 36.8 Å². The minimum Gasteiger partial charge on any atom is -0.364 e.